The lowest BCUT2D eigenvalue weighted by Crippen LogP contribution is -2.30. The smallest absolute Gasteiger partial charge is 0.416 e. The van der Waals surface area contributed by atoms with Crippen molar-refractivity contribution in [1.82, 2.24) is 5.32 Å². The Bertz CT molecular complexity index is 1270. The van der Waals surface area contributed by atoms with Crippen molar-refractivity contribution < 1.29 is 37.8 Å². The number of hydrogen-bond donors (Lipinski definition) is 3. The molecule has 3 aromatic carbocycles. The summed E-state index contributed by atoms with van der Waals surface area (Å²) in [4.78, 5) is 22.4. The number of aliphatic hydroxyl groups is 2. The van der Waals surface area contributed by atoms with Crippen LogP contribution in [-0.2, 0) is 10.9 Å². The highest BCUT2D eigenvalue weighted by Gasteiger charge is 2.35. The molecule has 11 heteroatoms. The molecule has 0 heterocycles. The Morgan fingerprint density at radius 2 is 1.62 bits per heavy atom. The number of nitro groups is 1. The first kappa shape index (κ1) is 26.1. The number of halogens is 3. The first-order chi connectivity index (χ1) is 17.6. The average Bonchev–Trinajstić information content (AvgIpc) is 3.19. The Balaban J connectivity index is 1.32. The highest BCUT2D eigenvalue weighted by molar-refractivity contribution is 5.79. The molecule has 2 atom stereocenters. The quantitative estimate of drug-likeness (QED) is 0.288. The van der Waals surface area contributed by atoms with Crippen LogP contribution in [0, 0.1) is 10.1 Å². The third-order valence-electron chi connectivity index (χ3n) is 6.29. The summed E-state index contributed by atoms with van der Waals surface area (Å²) in [7, 11) is 0. The minimum Gasteiger partial charge on any atom is -0.449 e. The molecular weight excluding hydrogens is 493 g/mol. The first-order valence-corrected chi connectivity index (χ1v) is 11.4. The van der Waals surface area contributed by atoms with Crippen LogP contribution < -0.4 is 5.32 Å². The van der Waals surface area contributed by atoms with Crippen LogP contribution in [0.3, 0.4) is 0 Å². The van der Waals surface area contributed by atoms with Gasteiger partial charge >= 0.3 is 12.3 Å². The molecule has 3 aromatic rings. The fourth-order valence-corrected chi connectivity index (χ4v) is 4.46. The van der Waals surface area contributed by atoms with E-state index in [1.807, 2.05) is 48.5 Å². The van der Waals surface area contributed by atoms with Crippen molar-refractivity contribution >= 4 is 11.8 Å². The molecule has 1 amide bonds. The topological polar surface area (TPSA) is 122 Å². The van der Waals surface area contributed by atoms with Gasteiger partial charge in [-0.2, -0.15) is 13.2 Å². The van der Waals surface area contributed by atoms with E-state index in [0.717, 1.165) is 28.3 Å². The Hall–Kier alpha value is -3.96. The molecule has 8 nitrogen and oxygen atoms in total. The number of alkyl carbamates (subject to hydrolysis) is 1. The fraction of sp³-hybridized carbons (Fsp3) is 0.269. The number of nitrogens with zero attached hydrogens (tertiary/aromatic N) is 1. The van der Waals surface area contributed by atoms with Gasteiger partial charge < -0.3 is 20.3 Å². The van der Waals surface area contributed by atoms with Gasteiger partial charge in [0, 0.05) is 18.5 Å². The van der Waals surface area contributed by atoms with Crippen LogP contribution in [0.4, 0.5) is 23.7 Å². The van der Waals surface area contributed by atoms with Crippen molar-refractivity contribution in [2.75, 3.05) is 13.2 Å². The summed E-state index contributed by atoms with van der Waals surface area (Å²) in [6.07, 6.45) is -9.23. The zero-order valence-electron chi connectivity index (χ0n) is 19.3. The standard InChI is InChI=1S/C26H23F3N2O6/c27-26(28,29)15-9-10-20(22(13-15)31(35)36)24(33)23(32)11-12-30-25(34)37-14-21-18-7-3-1-5-16(18)17-6-2-4-8-19(17)21/h1-10,13,21,23-24,32-33H,11-12,14H2,(H,30,34). The molecule has 194 valence electrons. The van der Waals surface area contributed by atoms with Crippen LogP contribution in [0.5, 0.6) is 0 Å². The van der Waals surface area contributed by atoms with Gasteiger partial charge in [-0.3, -0.25) is 10.1 Å². The monoisotopic (exact) mass is 516 g/mol. The highest BCUT2D eigenvalue weighted by Crippen LogP contribution is 2.44. The van der Waals surface area contributed by atoms with Gasteiger partial charge in [0.1, 0.15) is 12.7 Å². The molecule has 0 bridgehead atoms. The number of carbonyl (C=O) groups excluding carboxylic acids is 1. The third-order valence-corrected chi connectivity index (χ3v) is 6.29. The van der Waals surface area contributed by atoms with Crippen molar-refractivity contribution in [3.8, 4) is 11.1 Å². The molecule has 1 aliphatic rings. The molecule has 4 rings (SSSR count). The normalized spacial score (nSPS) is 14.4. The summed E-state index contributed by atoms with van der Waals surface area (Å²) in [6.45, 7) is -0.0773. The number of carbonyl (C=O) groups is 1. The number of benzene rings is 3. The van der Waals surface area contributed by atoms with Crippen molar-refractivity contribution in [2.24, 2.45) is 0 Å². The molecule has 1 aliphatic carbocycles. The first-order valence-electron chi connectivity index (χ1n) is 11.4. The minimum absolute atomic E-state index is 0.0722. The number of hydrogen-bond acceptors (Lipinski definition) is 6. The Labute approximate surface area is 209 Å². The van der Waals surface area contributed by atoms with Crippen LogP contribution in [0.25, 0.3) is 11.1 Å². The van der Waals surface area contributed by atoms with Gasteiger partial charge in [-0.1, -0.05) is 48.5 Å². The molecule has 0 saturated heterocycles. The van der Waals surface area contributed by atoms with Gasteiger partial charge in [-0.05, 0) is 40.8 Å². The summed E-state index contributed by atoms with van der Waals surface area (Å²) >= 11 is 0. The third kappa shape index (κ3) is 5.57. The maximum absolute atomic E-state index is 12.9. The number of amides is 1. The minimum atomic E-state index is -4.81. The maximum Gasteiger partial charge on any atom is 0.416 e. The van der Waals surface area contributed by atoms with Gasteiger partial charge in [-0.15, -0.1) is 0 Å². The summed E-state index contributed by atoms with van der Waals surface area (Å²) in [5.74, 6) is -0.147. The van der Waals surface area contributed by atoms with E-state index >= 15 is 0 Å². The lowest BCUT2D eigenvalue weighted by Gasteiger charge is -2.19. The Kier molecular flexibility index (Phi) is 7.46. The van der Waals surface area contributed by atoms with E-state index in [9.17, 15) is 38.3 Å². The van der Waals surface area contributed by atoms with Crippen molar-refractivity contribution in [2.45, 2.75) is 30.7 Å². The van der Waals surface area contributed by atoms with Gasteiger partial charge in [0.15, 0.2) is 0 Å². The predicted octanol–water partition coefficient (Wildman–Crippen LogP) is 4.94. The lowest BCUT2D eigenvalue weighted by molar-refractivity contribution is -0.386. The van der Waals surface area contributed by atoms with E-state index in [2.05, 4.69) is 5.32 Å². The molecule has 0 saturated carbocycles. The van der Waals surface area contributed by atoms with Gasteiger partial charge in [0.05, 0.1) is 22.2 Å². The van der Waals surface area contributed by atoms with E-state index in [1.54, 1.807) is 0 Å². The second kappa shape index (κ2) is 10.6. The van der Waals surface area contributed by atoms with Crippen LogP contribution >= 0.6 is 0 Å². The Morgan fingerprint density at radius 1 is 1.03 bits per heavy atom. The summed E-state index contributed by atoms with van der Waals surface area (Å²) in [6, 6.07) is 17.3. The van der Waals surface area contributed by atoms with E-state index in [1.165, 1.54) is 0 Å². The second-order valence-electron chi connectivity index (χ2n) is 8.58. The average molecular weight is 516 g/mol. The number of rotatable bonds is 8. The van der Waals surface area contributed by atoms with Crippen LogP contribution in [0.15, 0.2) is 66.7 Å². The number of alkyl halides is 3. The van der Waals surface area contributed by atoms with Crippen LogP contribution in [0.2, 0.25) is 0 Å². The summed E-state index contributed by atoms with van der Waals surface area (Å²) in [5.41, 5.74) is 1.53. The summed E-state index contributed by atoms with van der Waals surface area (Å²) in [5, 5.41) is 34.3. The summed E-state index contributed by atoms with van der Waals surface area (Å²) < 4.78 is 44.0. The second-order valence-corrected chi connectivity index (χ2v) is 8.58. The fourth-order valence-electron chi connectivity index (χ4n) is 4.46. The zero-order valence-corrected chi connectivity index (χ0v) is 19.3. The molecule has 0 aliphatic heterocycles. The van der Waals surface area contributed by atoms with Crippen molar-refractivity contribution in [3.63, 3.8) is 0 Å². The Morgan fingerprint density at radius 3 is 2.19 bits per heavy atom. The molecule has 3 N–H and O–H groups in total. The molecule has 0 aromatic heterocycles. The molecule has 0 fully saturated rings. The van der Waals surface area contributed by atoms with E-state index < -0.39 is 46.2 Å². The number of nitro benzene ring substituents is 1. The largest absolute Gasteiger partial charge is 0.449 e. The van der Waals surface area contributed by atoms with Gasteiger partial charge in [0.2, 0.25) is 0 Å². The number of ether oxygens (including phenoxy) is 1. The number of aliphatic hydroxyl groups excluding tert-OH is 2. The van der Waals surface area contributed by atoms with Crippen LogP contribution in [0.1, 0.15) is 40.7 Å². The SMILES string of the molecule is O=C(NCCC(O)C(O)c1ccc(C(F)(F)F)cc1[N+](=O)[O-])OCC1c2ccccc2-c2ccccc21. The van der Waals surface area contributed by atoms with Crippen molar-refractivity contribution in [1.29, 1.82) is 0 Å². The zero-order chi connectivity index (χ0) is 26.7. The maximum atomic E-state index is 12.9. The lowest BCUT2D eigenvalue weighted by atomic mass is 9.98. The number of nitrogens with one attached hydrogen (secondary N) is 1. The van der Waals surface area contributed by atoms with Crippen LogP contribution in [-0.4, -0.2) is 40.5 Å². The molecule has 2 unspecified atom stereocenters. The molecule has 0 spiro atoms. The number of fused-ring (bicyclic) bond motifs is 3. The molecule has 37 heavy (non-hydrogen) atoms. The predicted molar refractivity (Wildman–Crippen MR) is 127 cm³/mol. The van der Waals surface area contributed by atoms with E-state index in [0.29, 0.717) is 12.1 Å². The van der Waals surface area contributed by atoms with E-state index in [-0.39, 0.29) is 25.5 Å². The van der Waals surface area contributed by atoms with Crippen molar-refractivity contribution in [3.05, 3.63) is 99.1 Å². The molecular formula is C26H23F3N2O6. The van der Waals surface area contributed by atoms with Gasteiger partial charge in [0.25, 0.3) is 5.69 Å². The van der Waals surface area contributed by atoms with E-state index in [4.69, 9.17) is 4.74 Å². The molecule has 0 radical (unpaired) electrons. The highest BCUT2D eigenvalue weighted by atomic mass is 19.4. The van der Waals surface area contributed by atoms with Gasteiger partial charge in [-0.25, -0.2) is 4.79 Å².